The third kappa shape index (κ3) is 9.72. The molecule has 0 unspecified atom stereocenters. The normalized spacial score (nSPS) is 10.8. The van der Waals surface area contributed by atoms with Crippen molar-refractivity contribution in [3.8, 4) is 0 Å². The highest BCUT2D eigenvalue weighted by molar-refractivity contribution is 5.13. The SMILES string of the molecule is CCCCCCCCOCCCCc1cc[c]cc1. The Labute approximate surface area is 119 Å². The molecule has 1 aromatic rings. The zero-order chi connectivity index (χ0) is 13.6. The number of hydrogen-bond acceptors (Lipinski definition) is 1. The summed E-state index contributed by atoms with van der Waals surface area (Å²) >= 11 is 0. The van der Waals surface area contributed by atoms with E-state index in [2.05, 4.69) is 25.1 Å². The Morgan fingerprint density at radius 3 is 2.21 bits per heavy atom. The van der Waals surface area contributed by atoms with E-state index in [1.165, 1.54) is 56.9 Å². The first kappa shape index (κ1) is 16.2. The Hall–Kier alpha value is -0.820. The van der Waals surface area contributed by atoms with Gasteiger partial charge in [0.15, 0.2) is 0 Å². The van der Waals surface area contributed by atoms with E-state index in [-0.39, 0.29) is 0 Å². The molecule has 0 saturated carbocycles. The number of hydrogen-bond donors (Lipinski definition) is 0. The number of rotatable bonds is 12. The molecule has 107 valence electrons. The molecule has 0 amide bonds. The lowest BCUT2D eigenvalue weighted by atomic mass is 10.1. The monoisotopic (exact) mass is 261 g/mol. The van der Waals surface area contributed by atoms with Crippen molar-refractivity contribution in [2.24, 2.45) is 0 Å². The summed E-state index contributed by atoms with van der Waals surface area (Å²) in [6.45, 7) is 4.14. The second-order valence-corrected chi connectivity index (χ2v) is 5.25. The maximum Gasteiger partial charge on any atom is 0.0466 e. The maximum atomic E-state index is 5.67. The van der Waals surface area contributed by atoms with Gasteiger partial charge in [-0.2, -0.15) is 0 Å². The van der Waals surface area contributed by atoms with E-state index in [4.69, 9.17) is 4.74 Å². The minimum atomic E-state index is 0.925. The summed E-state index contributed by atoms with van der Waals surface area (Å²) < 4.78 is 5.67. The van der Waals surface area contributed by atoms with Crippen molar-refractivity contribution in [1.82, 2.24) is 0 Å². The summed E-state index contributed by atoms with van der Waals surface area (Å²) in [5.74, 6) is 0. The van der Waals surface area contributed by atoms with Crippen LogP contribution in [0.1, 0.15) is 63.9 Å². The van der Waals surface area contributed by atoms with Crippen LogP contribution >= 0.6 is 0 Å². The predicted molar refractivity (Wildman–Crippen MR) is 82.4 cm³/mol. The first-order chi connectivity index (χ1) is 9.43. The molecule has 0 bridgehead atoms. The van der Waals surface area contributed by atoms with E-state index in [1.807, 2.05) is 12.1 Å². The van der Waals surface area contributed by atoms with Gasteiger partial charge in [0.2, 0.25) is 0 Å². The minimum Gasteiger partial charge on any atom is -0.381 e. The fraction of sp³-hybridized carbons (Fsp3) is 0.667. The Morgan fingerprint density at radius 1 is 0.842 bits per heavy atom. The third-order valence-corrected chi connectivity index (χ3v) is 3.43. The molecule has 19 heavy (non-hydrogen) atoms. The van der Waals surface area contributed by atoms with Crippen molar-refractivity contribution in [2.45, 2.75) is 64.7 Å². The topological polar surface area (TPSA) is 9.23 Å². The van der Waals surface area contributed by atoms with Crippen LogP contribution in [-0.4, -0.2) is 13.2 Å². The van der Waals surface area contributed by atoms with Gasteiger partial charge in [0.25, 0.3) is 0 Å². The molecule has 0 aliphatic rings. The molecule has 1 rings (SSSR count). The third-order valence-electron chi connectivity index (χ3n) is 3.43. The fourth-order valence-corrected chi connectivity index (χ4v) is 2.21. The average molecular weight is 261 g/mol. The summed E-state index contributed by atoms with van der Waals surface area (Å²) in [6, 6.07) is 11.3. The van der Waals surface area contributed by atoms with Crippen LogP contribution in [0.2, 0.25) is 0 Å². The molecular formula is C18H29O. The largest absolute Gasteiger partial charge is 0.381 e. The molecule has 0 aliphatic heterocycles. The predicted octanol–water partition coefficient (Wildman–Crippen LogP) is 5.19. The fourth-order valence-electron chi connectivity index (χ4n) is 2.21. The van der Waals surface area contributed by atoms with Crippen LogP contribution in [0.3, 0.4) is 0 Å². The van der Waals surface area contributed by atoms with Crippen LogP contribution in [0.5, 0.6) is 0 Å². The van der Waals surface area contributed by atoms with E-state index >= 15 is 0 Å². The molecule has 0 atom stereocenters. The van der Waals surface area contributed by atoms with Gasteiger partial charge in [-0.15, -0.1) is 0 Å². The molecule has 1 aromatic carbocycles. The van der Waals surface area contributed by atoms with Crippen molar-refractivity contribution in [1.29, 1.82) is 0 Å². The van der Waals surface area contributed by atoms with Gasteiger partial charge >= 0.3 is 0 Å². The van der Waals surface area contributed by atoms with Crippen LogP contribution in [-0.2, 0) is 11.2 Å². The molecule has 1 heteroatoms. The Morgan fingerprint density at radius 2 is 1.47 bits per heavy atom. The molecule has 0 fully saturated rings. The lowest BCUT2D eigenvalue weighted by Gasteiger charge is -2.04. The van der Waals surface area contributed by atoms with Crippen LogP contribution in [0.15, 0.2) is 24.3 Å². The second-order valence-electron chi connectivity index (χ2n) is 5.25. The Balaban J connectivity index is 1.79. The smallest absolute Gasteiger partial charge is 0.0466 e. The number of aryl methyl sites for hydroxylation is 1. The first-order valence-electron chi connectivity index (χ1n) is 7.96. The van der Waals surface area contributed by atoms with Gasteiger partial charge < -0.3 is 4.74 Å². The van der Waals surface area contributed by atoms with Crippen LogP contribution in [0, 0.1) is 6.07 Å². The molecule has 1 radical (unpaired) electrons. The van der Waals surface area contributed by atoms with E-state index in [9.17, 15) is 0 Å². The first-order valence-corrected chi connectivity index (χ1v) is 7.96. The quantitative estimate of drug-likeness (QED) is 0.471. The van der Waals surface area contributed by atoms with Gasteiger partial charge in [0, 0.05) is 13.2 Å². The van der Waals surface area contributed by atoms with Gasteiger partial charge in [-0.25, -0.2) is 0 Å². The second kappa shape index (κ2) is 12.2. The minimum absolute atomic E-state index is 0.925. The van der Waals surface area contributed by atoms with Crippen LogP contribution < -0.4 is 0 Å². The van der Waals surface area contributed by atoms with E-state index in [1.54, 1.807) is 0 Å². The maximum absolute atomic E-state index is 5.67. The number of ether oxygens (including phenoxy) is 1. The lowest BCUT2D eigenvalue weighted by molar-refractivity contribution is 0.126. The standard InChI is InChI=1S/C18H29O/c1-2-3-4-5-6-11-16-19-17-12-10-15-18-13-8-7-9-14-18/h8-9,13-14H,2-6,10-12,15-17H2,1H3. The van der Waals surface area contributed by atoms with Crippen molar-refractivity contribution in [3.63, 3.8) is 0 Å². The van der Waals surface area contributed by atoms with Crippen molar-refractivity contribution in [3.05, 3.63) is 35.9 Å². The van der Waals surface area contributed by atoms with Gasteiger partial charge in [-0.3, -0.25) is 0 Å². The number of unbranched alkanes of at least 4 members (excludes halogenated alkanes) is 6. The van der Waals surface area contributed by atoms with Gasteiger partial charge in [-0.1, -0.05) is 63.3 Å². The van der Waals surface area contributed by atoms with Crippen LogP contribution in [0.25, 0.3) is 0 Å². The average Bonchev–Trinajstić information content (AvgIpc) is 2.46. The molecule has 0 saturated heterocycles. The van der Waals surface area contributed by atoms with Crippen molar-refractivity contribution >= 4 is 0 Å². The highest BCUT2D eigenvalue weighted by Crippen LogP contribution is 2.06. The summed E-state index contributed by atoms with van der Waals surface area (Å²) in [7, 11) is 0. The summed E-state index contributed by atoms with van der Waals surface area (Å²) in [6.07, 6.45) is 11.6. The Bertz CT molecular complexity index is 281. The number of benzene rings is 1. The molecule has 1 nitrogen and oxygen atoms in total. The highest BCUT2D eigenvalue weighted by atomic mass is 16.5. The van der Waals surface area contributed by atoms with Crippen molar-refractivity contribution < 1.29 is 4.74 Å². The van der Waals surface area contributed by atoms with Crippen LogP contribution in [0.4, 0.5) is 0 Å². The van der Waals surface area contributed by atoms with Gasteiger partial charge in [-0.05, 0) is 37.3 Å². The zero-order valence-electron chi connectivity index (χ0n) is 12.5. The van der Waals surface area contributed by atoms with E-state index in [0.29, 0.717) is 0 Å². The zero-order valence-corrected chi connectivity index (χ0v) is 12.5. The Kier molecular flexibility index (Phi) is 10.4. The molecule has 0 N–H and O–H groups in total. The summed E-state index contributed by atoms with van der Waals surface area (Å²) in [5, 5.41) is 0. The molecule has 0 aromatic heterocycles. The highest BCUT2D eigenvalue weighted by Gasteiger charge is 1.94. The van der Waals surface area contributed by atoms with Crippen molar-refractivity contribution in [2.75, 3.05) is 13.2 Å². The molecular weight excluding hydrogens is 232 g/mol. The molecule has 0 heterocycles. The summed E-state index contributed by atoms with van der Waals surface area (Å²) in [4.78, 5) is 0. The van der Waals surface area contributed by atoms with Gasteiger partial charge in [0.1, 0.15) is 0 Å². The summed E-state index contributed by atoms with van der Waals surface area (Å²) in [5.41, 5.74) is 1.41. The van der Waals surface area contributed by atoms with E-state index in [0.717, 1.165) is 19.6 Å². The van der Waals surface area contributed by atoms with E-state index < -0.39 is 0 Å². The molecule has 0 aliphatic carbocycles. The lowest BCUT2D eigenvalue weighted by Crippen LogP contribution is -1.98. The van der Waals surface area contributed by atoms with Gasteiger partial charge in [0.05, 0.1) is 0 Å². The molecule has 0 spiro atoms.